The number of imidazole rings is 1. The van der Waals surface area contributed by atoms with E-state index in [0.29, 0.717) is 11.3 Å². The highest BCUT2D eigenvalue weighted by Crippen LogP contribution is 2.19. The van der Waals surface area contributed by atoms with E-state index >= 15 is 0 Å². The first-order chi connectivity index (χ1) is 14.7. The molecule has 0 unspecified atom stereocenters. The van der Waals surface area contributed by atoms with Gasteiger partial charge in [0.25, 0.3) is 16.8 Å². The highest BCUT2D eigenvalue weighted by atomic mass is 16.4. The number of nitrogen functional groups attached to an aromatic ring is 1. The molecule has 156 valence electrons. The first-order valence-corrected chi connectivity index (χ1v) is 8.80. The fourth-order valence-electron chi connectivity index (χ4n) is 2.94. The minimum Gasteiger partial charge on any atom is -0.492 e. The van der Waals surface area contributed by atoms with Crippen LogP contribution in [0.2, 0.25) is 0 Å². The number of anilines is 3. The number of fused-ring (bicyclic) bond motifs is 1. The quantitative estimate of drug-likeness (QED) is 0.264. The predicted molar refractivity (Wildman–Crippen MR) is 108 cm³/mol. The summed E-state index contributed by atoms with van der Waals surface area (Å²) in [5.74, 6) is -2.55. The summed E-state index contributed by atoms with van der Waals surface area (Å²) >= 11 is 0. The second-order valence-electron chi connectivity index (χ2n) is 6.56. The summed E-state index contributed by atoms with van der Waals surface area (Å²) in [6.07, 6.45) is 1.08. The Morgan fingerprint density at radius 3 is 2.61 bits per heavy atom. The van der Waals surface area contributed by atoms with E-state index in [-0.39, 0.29) is 35.1 Å². The average molecular weight is 422 g/mol. The molecule has 0 radical (unpaired) electrons. The summed E-state index contributed by atoms with van der Waals surface area (Å²) in [6, 6.07) is 7.75. The first-order valence-electron chi connectivity index (χ1n) is 8.80. The van der Waals surface area contributed by atoms with Crippen LogP contribution in [0.15, 0.2) is 46.1 Å². The number of hydrogen-bond donors (Lipinski definition) is 5. The number of carboxylic acid groups (broad SMARTS) is 1. The zero-order valence-corrected chi connectivity index (χ0v) is 15.6. The summed E-state index contributed by atoms with van der Waals surface area (Å²) in [5.41, 5.74) is 4.61. The summed E-state index contributed by atoms with van der Waals surface area (Å²) in [4.78, 5) is 54.3. The molecule has 2 aromatic carbocycles. The maximum atomic E-state index is 12.5. The van der Waals surface area contributed by atoms with Crippen LogP contribution in [0.4, 0.5) is 17.1 Å². The van der Waals surface area contributed by atoms with Gasteiger partial charge in [-0.2, -0.15) is 4.98 Å². The fourth-order valence-corrected chi connectivity index (χ4v) is 2.94. The van der Waals surface area contributed by atoms with Gasteiger partial charge in [-0.05, 0) is 17.7 Å². The van der Waals surface area contributed by atoms with Crippen LogP contribution in [0.3, 0.4) is 0 Å². The molecule has 0 bridgehead atoms. The first kappa shape index (κ1) is 19.6. The van der Waals surface area contributed by atoms with Gasteiger partial charge in [0, 0.05) is 18.3 Å². The maximum absolute atomic E-state index is 12.5. The van der Waals surface area contributed by atoms with E-state index in [9.17, 15) is 29.4 Å². The second kappa shape index (κ2) is 7.26. The molecule has 0 aliphatic rings. The third-order valence-electron chi connectivity index (χ3n) is 4.48. The number of carbonyl (C=O) groups excluding carboxylic acids is 1. The van der Waals surface area contributed by atoms with Gasteiger partial charge in [-0.15, -0.1) is 0 Å². The monoisotopic (exact) mass is 422 g/mol. The third-order valence-corrected chi connectivity index (χ3v) is 4.48. The van der Waals surface area contributed by atoms with E-state index in [2.05, 4.69) is 20.6 Å². The number of carboxylic acids is 1. The Morgan fingerprint density at radius 2 is 1.90 bits per heavy atom. The lowest BCUT2D eigenvalue weighted by Crippen LogP contribution is -2.36. The molecular weight excluding hydrogens is 408 g/mol. The second-order valence-corrected chi connectivity index (χ2v) is 6.56. The number of carbonyl (C=O) groups is 2. The predicted octanol–water partition coefficient (Wildman–Crippen LogP) is -0.0151. The number of amides is 1. The fraction of sp³-hybridized carbons (Fsp3) is 0.0526. The van der Waals surface area contributed by atoms with Crippen molar-refractivity contribution in [2.45, 2.75) is 6.54 Å². The van der Waals surface area contributed by atoms with Crippen LogP contribution in [0.5, 0.6) is 5.88 Å². The number of aromatic hydroxyl groups is 1. The van der Waals surface area contributed by atoms with Crippen molar-refractivity contribution in [3.63, 3.8) is 0 Å². The van der Waals surface area contributed by atoms with Crippen LogP contribution in [0.25, 0.3) is 5.78 Å². The minimum atomic E-state index is -1.32. The van der Waals surface area contributed by atoms with E-state index in [1.807, 2.05) is 0 Å². The van der Waals surface area contributed by atoms with E-state index in [4.69, 9.17) is 5.73 Å². The van der Waals surface area contributed by atoms with Crippen molar-refractivity contribution in [2.75, 3.05) is 11.1 Å². The van der Waals surface area contributed by atoms with Crippen LogP contribution in [0.1, 0.15) is 26.5 Å². The zero-order chi connectivity index (χ0) is 22.3. The number of nitrogens with zero attached hydrogens (tertiary/aromatic N) is 3. The maximum Gasteiger partial charge on any atom is 0.353 e. The van der Waals surface area contributed by atoms with Gasteiger partial charge in [-0.3, -0.25) is 18.8 Å². The van der Waals surface area contributed by atoms with Gasteiger partial charge in [0.15, 0.2) is 0 Å². The Balaban J connectivity index is 1.51. The van der Waals surface area contributed by atoms with Gasteiger partial charge >= 0.3 is 5.97 Å². The molecule has 2 aromatic heterocycles. The van der Waals surface area contributed by atoms with E-state index < -0.39 is 28.6 Å². The van der Waals surface area contributed by atoms with Gasteiger partial charge < -0.3 is 26.6 Å². The summed E-state index contributed by atoms with van der Waals surface area (Å²) in [5, 5.41) is 24.2. The van der Waals surface area contributed by atoms with Crippen LogP contribution >= 0.6 is 0 Å². The molecule has 2 heterocycles. The zero-order valence-electron chi connectivity index (χ0n) is 15.6. The highest BCUT2D eigenvalue weighted by Gasteiger charge is 2.19. The molecule has 0 aliphatic heterocycles. The molecule has 31 heavy (non-hydrogen) atoms. The normalized spacial score (nSPS) is 11.0. The molecule has 0 saturated carbocycles. The van der Waals surface area contributed by atoms with Gasteiger partial charge in [0.05, 0.1) is 6.20 Å². The molecule has 0 aliphatic carbocycles. The number of benzene rings is 1. The standard InChI is InChI=1S/C19H14N6O6/c20-13-14(16(28)15(13)27)22-9-3-1-2-8(4-9)6-21-17(29)10-5-11(18(30)31)25-7-12(26)24-19(25)23-10/h1-5,7,22,26H,6,20H2,(H,21,29)(H,30,31). The summed E-state index contributed by atoms with van der Waals surface area (Å²) < 4.78 is 1.05. The number of rotatable bonds is 6. The highest BCUT2D eigenvalue weighted by molar-refractivity contribution is 5.96. The number of nitrogens with two attached hydrogens (primary N) is 1. The number of nitrogens with one attached hydrogen (secondary N) is 2. The van der Waals surface area contributed by atoms with Gasteiger partial charge in [0.2, 0.25) is 11.7 Å². The van der Waals surface area contributed by atoms with Crippen LogP contribution in [0, 0.1) is 0 Å². The van der Waals surface area contributed by atoms with Crippen molar-refractivity contribution >= 4 is 34.7 Å². The summed E-state index contributed by atoms with van der Waals surface area (Å²) in [6.45, 7) is 0.0602. The van der Waals surface area contributed by atoms with Crippen molar-refractivity contribution in [3.05, 3.63) is 73.9 Å². The Bertz CT molecular complexity index is 1430. The third kappa shape index (κ3) is 3.53. The largest absolute Gasteiger partial charge is 0.492 e. The summed E-state index contributed by atoms with van der Waals surface area (Å²) in [7, 11) is 0. The minimum absolute atomic E-state index is 0.0211. The van der Waals surface area contributed by atoms with E-state index in [1.54, 1.807) is 24.3 Å². The van der Waals surface area contributed by atoms with Crippen molar-refractivity contribution in [3.8, 4) is 5.88 Å². The Labute approximate surface area is 172 Å². The number of hydrogen-bond acceptors (Lipinski definition) is 9. The van der Waals surface area contributed by atoms with E-state index in [0.717, 1.165) is 16.7 Å². The van der Waals surface area contributed by atoms with Gasteiger partial charge in [0.1, 0.15) is 22.8 Å². The molecular formula is C19H14N6O6. The lowest BCUT2D eigenvalue weighted by molar-refractivity contribution is 0.0688. The molecule has 4 aromatic rings. The van der Waals surface area contributed by atoms with Crippen LogP contribution in [-0.2, 0) is 6.54 Å². The van der Waals surface area contributed by atoms with E-state index in [1.165, 1.54) is 0 Å². The Kier molecular flexibility index (Phi) is 4.58. The molecule has 0 atom stereocenters. The Hall–Kier alpha value is -4.74. The molecule has 6 N–H and O–H groups in total. The molecule has 4 rings (SSSR count). The van der Waals surface area contributed by atoms with Crippen LogP contribution in [-0.4, -0.2) is 36.5 Å². The molecule has 0 saturated heterocycles. The Morgan fingerprint density at radius 1 is 1.13 bits per heavy atom. The number of aromatic carboxylic acids is 1. The van der Waals surface area contributed by atoms with Crippen LogP contribution < -0.4 is 27.2 Å². The van der Waals surface area contributed by atoms with Crippen molar-refractivity contribution in [1.29, 1.82) is 0 Å². The molecule has 0 fully saturated rings. The van der Waals surface area contributed by atoms with Gasteiger partial charge in [-0.1, -0.05) is 12.1 Å². The lowest BCUT2D eigenvalue weighted by Gasteiger charge is -2.11. The number of aromatic nitrogens is 3. The van der Waals surface area contributed by atoms with Crippen molar-refractivity contribution in [2.24, 2.45) is 0 Å². The van der Waals surface area contributed by atoms with Crippen molar-refractivity contribution in [1.82, 2.24) is 19.7 Å². The van der Waals surface area contributed by atoms with Crippen molar-refractivity contribution < 1.29 is 19.8 Å². The van der Waals surface area contributed by atoms with Gasteiger partial charge in [-0.25, -0.2) is 9.78 Å². The molecule has 0 spiro atoms. The molecule has 12 nitrogen and oxygen atoms in total. The average Bonchev–Trinajstić information content (AvgIpc) is 3.14. The smallest absolute Gasteiger partial charge is 0.353 e. The lowest BCUT2D eigenvalue weighted by atomic mass is 10.1. The SMILES string of the molecule is Nc1c(Nc2cccc(CNC(=O)c3cc(C(=O)O)n4cc(O)nc4n3)c2)c(=O)c1=O. The topological polar surface area (TPSA) is 189 Å². The molecule has 1 amide bonds. The molecule has 12 heteroatoms.